The van der Waals surface area contributed by atoms with E-state index >= 15 is 0 Å². The number of halogens is 1. The molecule has 0 saturated carbocycles. The fourth-order valence-electron chi connectivity index (χ4n) is 4.00. The van der Waals surface area contributed by atoms with Gasteiger partial charge in [-0.1, -0.05) is 44.9 Å². The number of aromatic amines is 1. The first-order valence-corrected chi connectivity index (χ1v) is 12.3. The Hall–Kier alpha value is -4.78. The normalized spacial score (nSPS) is 11.9. The molecule has 0 aliphatic rings. The molecule has 0 fully saturated rings. The lowest BCUT2D eigenvalue weighted by Crippen LogP contribution is -2.10. The predicted octanol–water partition coefficient (Wildman–Crippen LogP) is 7.25. The van der Waals surface area contributed by atoms with Crippen LogP contribution >= 0.6 is 0 Å². The van der Waals surface area contributed by atoms with Gasteiger partial charge < -0.3 is 15.6 Å². The summed E-state index contributed by atoms with van der Waals surface area (Å²) in [5, 5.41) is 6.48. The summed E-state index contributed by atoms with van der Waals surface area (Å²) in [6.07, 6.45) is 8.22. The number of pyridine rings is 2. The molecule has 4 aromatic rings. The average Bonchev–Trinajstić information content (AvgIpc) is 3.39. The van der Waals surface area contributed by atoms with E-state index in [4.69, 9.17) is 9.97 Å². The summed E-state index contributed by atoms with van der Waals surface area (Å²) < 4.78 is 13.9. The molecular formula is C31H31FN6. The number of aromatic nitrogens is 4. The maximum Gasteiger partial charge on any atom is 0.140 e. The molecule has 1 aromatic carbocycles. The van der Waals surface area contributed by atoms with Gasteiger partial charge in [-0.3, -0.25) is 4.98 Å². The third-order valence-electron chi connectivity index (χ3n) is 6.12. The zero-order chi connectivity index (χ0) is 27.2. The van der Waals surface area contributed by atoms with Gasteiger partial charge in [-0.05, 0) is 61.4 Å². The number of rotatable bonds is 10. The number of fused-ring (bicyclic) bond motifs is 1. The summed E-state index contributed by atoms with van der Waals surface area (Å²) in [7, 11) is 1.84. The molecule has 0 radical (unpaired) electrons. The first-order chi connectivity index (χ1) is 18.4. The van der Waals surface area contributed by atoms with Crippen molar-refractivity contribution in [3.8, 4) is 11.3 Å². The van der Waals surface area contributed by atoms with Crippen LogP contribution < -0.4 is 10.6 Å². The number of allylic oxidation sites excluding steroid dienone is 5. The Bertz CT molecular complexity index is 1590. The van der Waals surface area contributed by atoms with E-state index in [0.717, 1.165) is 40.3 Å². The minimum Gasteiger partial charge on any atom is -0.386 e. The smallest absolute Gasteiger partial charge is 0.140 e. The summed E-state index contributed by atoms with van der Waals surface area (Å²) in [4.78, 5) is 17.6. The van der Waals surface area contributed by atoms with Gasteiger partial charge in [0.25, 0.3) is 0 Å². The zero-order valence-corrected chi connectivity index (χ0v) is 21.9. The van der Waals surface area contributed by atoms with Crippen LogP contribution in [0, 0.1) is 5.82 Å². The van der Waals surface area contributed by atoms with Crippen LogP contribution in [0.15, 0.2) is 98.0 Å². The fraction of sp³-hybridized carbons (Fsp3) is 0.129. The van der Waals surface area contributed by atoms with Crippen molar-refractivity contribution < 1.29 is 4.39 Å². The van der Waals surface area contributed by atoms with Gasteiger partial charge in [0.15, 0.2) is 0 Å². The van der Waals surface area contributed by atoms with Crippen LogP contribution in [0.4, 0.5) is 10.1 Å². The van der Waals surface area contributed by atoms with Crippen molar-refractivity contribution in [2.45, 2.75) is 20.3 Å². The molecule has 6 nitrogen and oxygen atoms in total. The molecule has 3 aromatic heterocycles. The minimum absolute atomic E-state index is 0.330. The number of hydrogen-bond acceptors (Lipinski definition) is 5. The summed E-state index contributed by atoms with van der Waals surface area (Å²) >= 11 is 0. The average molecular weight is 507 g/mol. The lowest BCUT2D eigenvalue weighted by Gasteiger charge is -2.13. The third-order valence-corrected chi connectivity index (χ3v) is 6.12. The SMILES string of the molecule is C=C/C(=C\C(=C/C)c1ccc(NC)c(C(=C)c2nc3c(-c4cccc(F)c4)nccc3[nH]2)n1)NC(=C)CC. The van der Waals surface area contributed by atoms with Gasteiger partial charge in [0.1, 0.15) is 17.2 Å². The Balaban J connectivity index is 1.75. The highest BCUT2D eigenvalue weighted by molar-refractivity contribution is 5.92. The number of imidazole rings is 1. The summed E-state index contributed by atoms with van der Waals surface area (Å²) in [5.74, 6) is 0.223. The van der Waals surface area contributed by atoms with Crippen LogP contribution in [0.5, 0.6) is 0 Å². The molecule has 0 unspecified atom stereocenters. The van der Waals surface area contributed by atoms with Crippen molar-refractivity contribution in [2.24, 2.45) is 0 Å². The van der Waals surface area contributed by atoms with Crippen LogP contribution in [-0.4, -0.2) is 27.0 Å². The van der Waals surface area contributed by atoms with E-state index in [1.807, 2.05) is 57.3 Å². The second kappa shape index (κ2) is 11.5. The number of nitrogens with zero attached hydrogens (tertiary/aromatic N) is 3. The van der Waals surface area contributed by atoms with Crippen molar-refractivity contribution in [2.75, 3.05) is 12.4 Å². The van der Waals surface area contributed by atoms with Crippen molar-refractivity contribution >= 4 is 27.9 Å². The van der Waals surface area contributed by atoms with E-state index < -0.39 is 0 Å². The van der Waals surface area contributed by atoms with Crippen molar-refractivity contribution in [1.82, 2.24) is 25.3 Å². The van der Waals surface area contributed by atoms with Gasteiger partial charge in [0.2, 0.25) is 0 Å². The number of benzene rings is 1. The van der Waals surface area contributed by atoms with Gasteiger partial charge in [-0.25, -0.2) is 14.4 Å². The largest absolute Gasteiger partial charge is 0.386 e. The topological polar surface area (TPSA) is 78.5 Å². The van der Waals surface area contributed by atoms with E-state index in [-0.39, 0.29) is 5.82 Å². The highest BCUT2D eigenvalue weighted by Gasteiger charge is 2.17. The molecule has 0 bridgehead atoms. The fourth-order valence-corrected chi connectivity index (χ4v) is 4.00. The highest BCUT2D eigenvalue weighted by Crippen LogP contribution is 2.31. The summed E-state index contributed by atoms with van der Waals surface area (Å²) in [5.41, 5.74) is 8.13. The molecule has 38 heavy (non-hydrogen) atoms. The predicted molar refractivity (Wildman–Crippen MR) is 156 cm³/mol. The molecule has 4 rings (SSSR count). The molecule has 0 aliphatic heterocycles. The maximum absolute atomic E-state index is 13.9. The number of hydrogen-bond donors (Lipinski definition) is 3. The Morgan fingerprint density at radius 2 is 1.95 bits per heavy atom. The van der Waals surface area contributed by atoms with Gasteiger partial charge >= 0.3 is 0 Å². The molecule has 3 heterocycles. The van der Waals surface area contributed by atoms with E-state index in [1.54, 1.807) is 18.3 Å². The van der Waals surface area contributed by atoms with Crippen LogP contribution in [0.25, 0.3) is 33.4 Å². The molecule has 192 valence electrons. The molecule has 0 atom stereocenters. The quantitative estimate of drug-likeness (QED) is 0.198. The van der Waals surface area contributed by atoms with Crippen molar-refractivity contribution in [3.05, 3.63) is 121 Å². The van der Waals surface area contributed by atoms with Crippen LogP contribution in [-0.2, 0) is 0 Å². The Morgan fingerprint density at radius 1 is 1.13 bits per heavy atom. The standard InChI is InChI=1S/C31H31FN6/c1-7-19(4)35-24(9-3)18-21(8-2)25-13-14-26(33-6)28(36-25)20(5)31-37-27-15-16-34-29(30(27)38-31)22-11-10-12-23(32)17-22/h8-18,33,35H,3-5,7H2,1-2,6H3,(H,37,38)/b21-8+,24-18+. The third kappa shape index (κ3) is 5.47. The molecule has 0 spiro atoms. The first kappa shape index (κ1) is 26.3. The molecule has 0 saturated heterocycles. The number of H-pyrrole nitrogens is 1. The molecule has 0 aliphatic carbocycles. The molecular weight excluding hydrogens is 475 g/mol. The number of anilines is 1. The van der Waals surface area contributed by atoms with Gasteiger partial charge in [-0.2, -0.15) is 0 Å². The van der Waals surface area contributed by atoms with Crippen molar-refractivity contribution in [1.29, 1.82) is 0 Å². The molecule has 7 heteroatoms. The second-order valence-electron chi connectivity index (χ2n) is 8.60. The van der Waals surface area contributed by atoms with Crippen molar-refractivity contribution in [3.63, 3.8) is 0 Å². The zero-order valence-electron chi connectivity index (χ0n) is 21.9. The van der Waals surface area contributed by atoms with E-state index in [0.29, 0.717) is 33.9 Å². The first-order valence-electron chi connectivity index (χ1n) is 12.3. The van der Waals surface area contributed by atoms with Crippen LogP contribution in [0.1, 0.15) is 37.5 Å². The molecule has 3 N–H and O–H groups in total. The maximum atomic E-state index is 13.9. The van der Waals surface area contributed by atoms with Gasteiger partial charge in [0.05, 0.1) is 28.3 Å². The molecule has 0 amide bonds. The monoisotopic (exact) mass is 506 g/mol. The summed E-state index contributed by atoms with van der Waals surface area (Å²) in [6.45, 7) is 16.3. The van der Waals surface area contributed by atoms with Gasteiger partial charge in [0, 0.05) is 35.8 Å². The van der Waals surface area contributed by atoms with Crippen LogP contribution in [0.3, 0.4) is 0 Å². The lowest BCUT2D eigenvalue weighted by atomic mass is 10.1. The Morgan fingerprint density at radius 3 is 2.63 bits per heavy atom. The number of nitrogens with one attached hydrogen (secondary N) is 3. The second-order valence-corrected chi connectivity index (χ2v) is 8.60. The van der Waals surface area contributed by atoms with E-state index in [1.165, 1.54) is 12.1 Å². The Kier molecular flexibility index (Phi) is 7.97. The summed E-state index contributed by atoms with van der Waals surface area (Å²) in [6, 6.07) is 12.1. The van der Waals surface area contributed by atoms with E-state index in [9.17, 15) is 4.39 Å². The highest BCUT2D eigenvalue weighted by atomic mass is 19.1. The Labute approximate surface area is 222 Å². The minimum atomic E-state index is -0.330. The van der Waals surface area contributed by atoms with Gasteiger partial charge in [-0.15, -0.1) is 0 Å². The van der Waals surface area contributed by atoms with Crippen LogP contribution in [0.2, 0.25) is 0 Å². The lowest BCUT2D eigenvalue weighted by molar-refractivity contribution is 0.628. The van der Waals surface area contributed by atoms with E-state index in [2.05, 4.69) is 40.3 Å².